The molecule has 0 aromatic heterocycles. The zero-order chi connectivity index (χ0) is 48.2. The van der Waals surface area contributed by atoms with Gasteiger partial charge in [0.05, 0.1) is 32.0 Å². The van der Waals surface area contributed by atoms with Gasteiger partial charge in [-0.25, -0.2) is 0 Å². The maximum absolute atomic E-state index is 13.1. The number of carbonyl (C=O) groups excluding carboxylic acids is 1. The highest BCUT2D eigenvalue weighted by atomic mass is 16.7. The molecule has 12 unspecified atom stereocenters. The first kappa shape index (κ1) is 61.1. The van der Waals surface area contributed by atoms with E-state index in [1.807, 2.05) is 0 Å². The fourth-order valence-electron chi connectivity index (χ4n) is 9.36. The second kappa shape index (κ2) is 39.7. The third kappa shape index (κ3) is 26.3. The SMILES string of the molecule is CCCCCCCCCCCCCCCCCCCCCCCCCCCC(=O)NC(COC1OC(CO)C(OC2OC(CO)C(O)C(O)C2O)C(O)C1O)C(O)CCCCCCCCC. The Labute approximate surface area is 400 Å². The Balaban J connectivity index is 1.65. The molecule has 12 atom stereocenters. The van der Waals surface area contributed by atoms with Crippen LogP contribution in [-0.2, 0) is 23.7 Å². The Kier molecular flexibility index (Phi) is 36.7. The van der Waals surface area contributed by atoms with Gasteiger partial charge >= 0.3 is 0 Å². The van der Waals surface area contributed by atoms with E-state index in [4.69, 9.17) is 18.9 Å². The molecule has 2 heterocycles. The molecule has 2 rings (SSSR count). The van der Waals surface area contributed by atoms with Crippen molar-refractivity contribution in [1.82, 2.24) is 5.32 Å². The van der Waals surface area contributed by atoms with Gasteiger partial charge < -0.3 is 65.1 Å². The van der Waals surface area contributed by atoms with Gasteiger partial charge in [0, 0.05) is 6.42 Å². The number of hydrogen-bond acceptors (Lipinski definition) is 13. The lowest BCUT2D eigenvalue weighted by Gasteiger charge is -2.46. The van der Waals surface area contributed by atoms with E-state index in [9.17, 15) is 45.6 Å². The van der Waals surface area contributed by atoms with Crippen molar-refractivity contribution in [1.29, 1.82) is 0 Å². The number of carbonyl (C=O) groups is 1. The lowest BCUT2D eigenvalue weighted by molar-refractivity contribution is -0.359. The van der Waals surface area contributed by atoms with Crippen LogP contribution in [0, 0.1) is 0 Å². The van der Waals surface area contributed by atoms with Gasteiger partial charge in [-0.3, -0.25) is 4.79 Å². The van der Waals surface area contributed by atoms with Crippen LogP contribution < -0.4 is 5.32 Å². The monoisotopic (exact) mass is 948 g/mol. The maximum atomic E-state index is 13.1. The predicted octanol–water partition coefficient (Wildman–Crippen LogP) is 7.78. The largest absolute Gasteiger partial charge is 0.394 e. The highest BCUT2D eigenvalue weighted by molar-refractivity contribution is 5.76. The van der Waals surface area contributed by atoms with Gasteiger partial charge in [0.2, 0.25) is 5.91 Å². The molecule has 0 bridgehead atoms. The van der Waals surface area contributed by atoms with E-state index in [-0.39, 0.29) is 12.5 Å². The molecule has 2 fully saturated rings. The number of rotatable bonds is 43. The molecule has 14 heteroatoms. The second-order valence-electron chi connectivity index (χ2n) is 19.7. The van der Waals surface area contributed by atoms with E-state index in [0.29, 0.717) is 12.8 Å². The zero-order valence-corrected chi connectivity index (χ0v) is 41.7. The summed E-state index contributed by atoms with van der Waals surface area (Å²) in [5.74, 6) is -0.206. The van der Waals surface area contributed by atoms with Crippen molar-refractivity contribution in [3.05, 3.63) is 0 Å². The van der Waals surface area contributed by atoms with E-state index in [1.54, 1.807) is 0 Å². The standard InChI is InChI=1S/C52H101NO13/c1-3-5-7-9-11-12-13-14-15-16-17-18-19-20-21-22-23-24-25-26-27-28-30-32-34-36-44(57)53-40(41(56)35-33-31-29-10-8-6-4-2)39-63-51-49(62)47(60)50(43(38-55)65-51)66-52-48(61)46(59)45(58)42(37-54)64-52/h40-43,45-52,54-56,58-62H,3-39H2,1-2H3,(H,53,57). The fraction of sp³-hybridized carbons (Fsp3) is 0.981. The van der Waals surface area contributed by atoms with Gasteiger partial charge in [-0.05, 0) is 12.8 Å². The van der Waals surface area contributed by atoms with Crippen LogP contribution in [0.3, 0.4) is 0 Å². The third-order valence-corrected chi connectivity index (χ3v) is 13.8. The molecule has 2 saturated heterocycles. The molecule has 9 N–H and O–H groups in total. The van der Waals surface area contributed by atoms with Gasteiger partial charge in [-0.2, -0.15) is 0 Å². The fourth-order valence-corrected chi connectivity index (χ4v) is 9.36. The Morgan fingerprint density at radius 2 is 0.864 bits per heavy atom. The Morgan fingerprint density at radius 3 is 1.29 bits per heavy atom. The van der Waals surface area contributed by atoms with E-state index in [2.05, 4.69) is 19.2 Å². The summed E-state index contributed by atoms with van der Waals surface area (Å²) in [6.07, 6.45) is 24.4. The second-order valence-corrected chi connectivity index (χ2v) is 19.7. The average Bonchev–Trinajstić information content (AvgIpc) is 3.31. The van der Waals surface area contributed by atoms with Gasteiger partial charge in [-0.15, -0.1) is 0 Å². The number of aliphatic hydroxyl groups is 8. The first-order valence-electron chi connectivity index (χ1n) is 27.3. The minimum absolute atomic E-state index is 0.206. The molecule has 2 aliphatic rings. The first-order chi connectivity index (χ1) is 32.1. The van der Waals surface area contributed by atoms with Crippen molar-refractivity contribution < 1.29 is 64.6 Å². The molecular formula is C52H101NO13. The van der Waals surface area contributed by atoms with Crippen LogP contribution in [-0.4, -0.2) is 140 Å². The summed E-state index contributed by atoms with van der Waals surface area (Å²) in [7, 11) is 0. The Morgan fingerprint density at radius 1 is 0.485 bits per heavy atom. The van der Waals surface area contributed by atoms with Gasteiger partial charge in [0.1, 0.15) is 48.8 Å². The van der Waals surface area contributed by atoms with Crippen LogP contribution in [0.1, 0.15) is 232 Å². The lowest BCUT2D eigenvalue weighted by Crippen LogP contribution is -2.65. The summed E-state index contributed by atoms with van der Waals surface area (Å²) in [6, 6.07) is -0.819. The minimum atomic E-state index is -1.78. The van der Waals surface area contributed by atoms with Crippen molar-refractivity contribution in [2.75, 3.05) is 19.8 Å². The summed E-state index contributed by atoms with van der Waals surface area (Å²) in [5.41, 5.74) is 0. The molecular weight excluding hydrogens is 847 g/mol. The average molecular weight is 948 g/mol. The molecule has 14 nitrogen and oxygen atoms in total. The van der Waals surface area contributed by atoms with Gasteiger partial charge in [0.15, 0.2) is 12.6 Å². The van der Waals surface area contributed by atoms with Crippen molar-refractivity contribution in [3.63, 3.8) is 0 Å². The molecule has 0 saturated carbocycles. The predicted molar refractivity (Wildman–Crippen MR) is 259 cm³/mol. The number of ether oxygens (including phenoxy) is 4. The number of nitrogens with one attached hydrogen (secondary N) is 1. The summed E-state index contributed by atoms with van der Waals surface area (Å²) in [6.45, 7) is 2.82. The van der Waals surface area contributed by atoms with Crippen LogP contribution in [0.25, 0.3) is 0 Å². The molecule has 0 aliphatic carbocycles. The van der Waals surface area contributed by atoms with Gasteiger partial charge in [-0.1, -0.05) is 213 Å². The highest BCUT2D eigenvalue weighted by Crippen LogP contribution is 2.30. The number of unbranched alkanes of at least 4 members (excludes halogenated alkanes) is 30. The molecule has 392 valence electrons. The number of amides is 1. The molecule has 2 aliphatic heterocycles. The molecule has 66 heavy (non-hydrogen) atoms. The van der Waals surface area contributed by atoms with Crippen LogP contribution in [0.4, 0.5) is 0 Å². The van der Waals surface area contributed by atoms with E-state index in [1.165, 1.54) is 154 Å². The first-order valence-corrected chi connectivity index (χ1v) is 27.3. The quantitative estimate of drug-likeness (QED) is 0.0267. The van der Waals surface area contributed by atoms with Crippen molar-refractivity contribution in [2.24, 2.45) is 0 Å². The lowest BCUT2D eigenvalue weighted by atomic mass is 9.97. The van der Waals surface area contributed by atoms with Crippen LogP contribution in [0.5, 0.6) is 0 Å². The minimum Gasteiger partial charge on any atom is -0.394 e. The van der Waals surface area contributed by atoms with Gasteiger partial charge in [0.25, 0.3) is 0 Å². The summed E-state index contributed by atoms with van der Waals surface area (Å²) < 4.78 is 22.7. The third-order valence-electron chi connectivity index (χ3n) is 13.8. The maximum Gasteiger partial charge on any atom is 0.220 e. The molecule has 0 spiro atoms. The topological polar surface area (TPSA) is 228 Å². The van der Waals surface area contributed by atoms with Crippen LogP contribution >= 0.6 is 0 Å². The molecule has 0 aromatic rings. The molecule has 0 radical (unpaired) electrons. The summed E-state index contributed by atoms with van der Waals surface area (Å²) in [4.78, 5) is 13.1. The van der Waals surface area contributed by atoms with Crippen molar-refractivity contribution in [3.8, 4) is 0 Å². The van der Waals surface area contributed by atoms with Crippen molar-refractivity contribution >= 4 is 5.91 Å². The summed E-state index contributed by atoms with van der Waals surface area (Å²) >= 11 is 0. The van der Waals surface area contributed by atoms with E-state index >= 15 is 0 Å². The normalized spacial score (nSPS) is 26.7. The van der Waals surface area contributed by atoms with Crippen LogP contribution in [0.2, 0.25) is 0 Å². The molecule has 0 aromatic carbocycles. The zero-order valence-electron chi connectivity index (χ0n) is 41.7. The number of hydrogen-bond donors (Lipinski definition) is 9. The van der Waals surface area contributed by atoms with E-state index in [0.717, 1.165) is 51.4 Å². The molecule has 1 amide bonds. The van der Waals surface area contributed by atoms with Crippen LogP contribution in [0.15, 0.2) is 0 Å². The highest BCUT2D eigenvalue weighted by Gasteiger charge is 2.51. The van der Waals surface area contributed by atoms with E-state index < -0.39 is 86.8 Å². The van der Waals surface area contributed by atoms with Crippen molar-refractivity contribution in [2.45, 2.75) is 306 Å². The Bertz CT molecular complexity index is 1120. The number of aliphatic hydroxyl groups excluding tert-OH is 8. The smallest absolute Gasteiger partial charge is 0.220 e. The summed E-state index contributed by atoms with van der Waals surface area (Å²) in [5, 5.41) is 86.6. The Hall–Kier alpha value is -1.01.